The van der Waals surface area contributed by atoms with Crippen LogP contribution in [0.4, 0.5) is 8.78 Å². The van der Waals surface area contributed by atoms with Crippen LogP contribution in [-0.2, 0) is 50.3 Å². The number of benzene rings is 3. The normalized spacial score (nSPS) is 21.7. The van der Waals surface area contributed by atoms with Gasteiger partial charge in [-0.25, -0.2) is 0 Å². The number of carbonyl (C=O) groups is 9. The summed E-state index contributed by atoms with van der Waals surface area (Å²) < 4.78 is 41.0. The minimum Gasteiger partial charge on any atom is -0.370 e. The number of alkyl halides is 2. The summed E-state index contributed by atoms with van der Waals surface area (Å²) in [4.78, 5) is 148. The molecule has 81 heavy (non-hydrogen) atoms. The lowest BCUT2D eigenvalue weighted by molar-refractivity contribution is -0.144. The summed E-state index contributed by atoms with van der Waals surface area (Å²) in [6.07, 6.45) is 1.41. The van der Waals surface area contributed by atoms with Gasteiger partial charge in [-0.1, -0.05) is 54.3 Å². The lowest BCUT2D eigenvalue weighted by Gasteiger charge is -2.38. The molecule has 4 saturated heterocycles. The first kappa shape index (κ1) is 58.2. The van der Waals surface area contributed by atoms with Crippen LogP contribution in [0.3, 0.4) is 0 Å². The summed E-state index contributed by atoms with van der Waals surface area (Å²) in [7, 11) is -4.10. The van der Waals surface area contributed by atoms with Crippen LogP contribution in [0, 0.1) is 11.8 Å². The number of carbonyl (C=O) groups excluding carboxylic acids is 9. The first-order chi connectivity index (χ1) is 38.6. The molecular formula is C55H61F2N10O12PS. The summed E-state index contributed by atoms with van der Waals surface area (Å²) in [6, 6.07) is 12.0. The van der Waals surface area contributed by atoms with E-state index in [2.05, 4.69) is 38.0 Å². The number of hydrogen-bond acceptors (Lipinski definition) is 13. The molecule has 4 fully saturated rings. The van der Waals surface area contributed by atoms with Crippen molar-refractivity contribution in [2.45, 2.75) is 99.8 Å². The topological polar surface area (TPSA) is 302 Å². The molecule has 3 aromatic carbocycles. The maximum absolute atomic E-state index is 14.6. The standard InChI is InChI=1S/C55H61F2N10O12PS/c1-63-23-21-36-14-16-42(67(36)53(75)40(31-63)60-51(73)44-29-34-28-35(13-18-43(34)81-44)55(56,57)80(77,78)79)50(72)59-39(15-19-45(58)68)48(70)62-47(33-9-3-2-4-10-33)54(76)65-26-24-64(25-27-65)22-6-5-8-32-11-7-12-37-38(32)30-66(52(37)74)41-17-20-46(69)61-49(41)71/h2-4,7,9-13,18,28-29,36,39-42,47H,6,14-17,19-27,30-31H2,1H3,(H2,58,68)(H,59,72)(H,60,73)(H,62,70)(H,61,69,71)(H2,77,78,79)/t36-,39+,40+,41?,42+,47+/m1/s1. The van der Waals surface area contributed by atoms with Crippen molar-refractivity contribution in [1.29, 1.82) is 0 Å². The Kier molecular flexibility index (Phi) is 17.5. The Hall–Kier alpha value is -7.46. The fraction of sp³-hybridized carbons (Fsp3) is 0.436. The molecule has 0 radical (unpaired) electrons. The lowest BCUT2D eigenvalue weighted by Crippen LogP contribution is -2.61. The summed E-state index contributed by atoms with van der Waals surface area (Å²) in [5.41, 5.74) is 2.47. The minimum absolute atomic E-state index is 0.0276. The molecule has 428 valence electrons. The van der Waals surface area contributed by atoms with Gasteiger partial charge in [0.05, 0.1) is 4.88 Å². The van der Waals surface area contributed by atoms with Gasteiger partial charge in [-0.2, -0.15) is 8.78 Å². The Balaban J connectivity index is 0.831. The Morgan fingerprint density at radius 3 is 2.38 bits per heavy atom. The van der Waals surface area contributed by atoms with Gasteiger partial charge in [0.15, 0.2) is 0 Å². The first-order valence-electron chi connectivity index (χ1n) is 26.6. The monoisotopic (exact) mass is 1150 g/mol. The number of amides is 9. The van der Waals surface area contributed by atoms with Gasteiger partial charge in [-0.05, 0) is 92.5 Å². The van der Waals surface area contributed by atoms with Gasteiger partial charge < -0.3 is 51.1 Å². The van der Waals surface area contributed by atoms with Crippen molar-refractivity contribution in [2.24, 2.45) is 5.73 Å². The number of piperidine rings is 1. The Labute approximate surface area is 468 Å². The van der Waals surface area contributed by atoms with Gasteiger partial charge in [0, 0.05) is 92.5 Å². The van der Waals surface area contributed by atoms with Gasteiger partial charge in [0.2, 0.25) is 41.4 Å². The molecule has 8 N–H and O–H groups in total. The Morgan fingerprint density at radius 1 is 0.914 bits per heavy atom. The number of likely N-dealkylation sites (N-methyl/N-ethyl adjacent to an activating group) is 1. The van der Waals surface area contributed by atoms with Crippen LogP contribution in [0.1, 0.15) is 99.7 Å². The summed E-state index contributed by atoms with van der Waals surface area (Å²) in [5, 5.41) is 10.8. The Bertz CT molecular complexity index is 3290. The molecule has 9 rings (SSSR count). The smallest absolute Gasteiger partial charge is 0.370 e. The van der Waals surface area contributed by atoms with E-state index in [-0.39, 0.29) is 67.3 Å². The van der Waals surface area contributed by atoms with Crippen molar-refractivity contribution in [1.82, 2.24) is 45.8 Å². The van der Waals surface area contributed by atoms with Gasteiger partial charge in [0.1, 0.15) is 30.2 Å². The van der Waals surface area contributed by atoms with E-state index in [0.29, 0.717) is 79.9 Å². The fourth-order valence-electron chi connectivity index (χ4n) is 11.1. The molecule has 6 atom stereocenters. The number of rotatable bonds is 16. The molecule has 5 aliphatic rings. The zero-order chi connectivity index (χ0) is 57.9. The molecule has 0 aliphatic carbocycles. The van der Waals surface area contributed by atoms with E-state index >= 15 is 0 Å². The molecule has 26 heteroatoms. The second kappa shape index (κ2) is 24.3. The van der Waals surface area contributed by atoms with E-state index < -0.39 is 96.4 Å². The number of nitrogens with two attached hydrogens (primary N) is 1. The number of hydrogen-bond donors (Lipinski definition) is 7. The highest BCUT2D eigenvalue weighted by atomic mass is 32.1. The number of nitrogens with one attached hydrogen (secondary N) is 4. The molecule has 0 saturated carbocycles. The van der Waals surface area contributed by atoms with E-state index in [9.17, 15) is 66.3 Å². The maximum atomic E-state index is 14.6. The van der Waals surface area contributed by atoms with Crippen molar-refractivity contribution in [3.63, 3.8) is 0 Å². The molecule has 1 unspecified atom stereocenters. The van der Waals surface area contributed by atoms with E-state index in [0.717, 1.165) is 29.0 Å². The van der Waals surface area contributed by atoms with Crippen LogP contribution < -0.4 is 27.0 Å². The second-order valence-electron chi connectivity index (χ2n) is 20.9. The SMILES string of the molecule is CN1CC[C@H]2CC[C@@H](C(=O)N[C@@H](CCC(N)=O)C(=O)N[C@H](C(=O)N3CCN(CCC#Cc4cccc5c4CN(C4CCC(=O)NC4=O)C5=O)CC3)c3ccccc3)N2C(=O)[C@@H](NC(=O)c2cc3cc(C(F)(F)P(=O)(O)O)ccc3s2)C1. The number of imide groups is 1. The predicted molar refractivity (Wildman–Crippen MR) is 289 cm³/mol. The van der Waals surface area contributed by atoms with E-state index in [1.807, 2.05) is 11.0 Å². The quantitative estimate of drug-likeness (QED) is 0.0479. The summed E-state index contributed by atoms with van der Waals surface area (Å²) in [5.74, 6) is 1.31. The third-order valence-corrected chi connectivity index (χ3v) is 17.6. The molecule has 1 aromatic heterocycles. The maximum Gasteiger partial charge on any atom is 0.399 e. The zero-order valence-corrected chi connectivity index (χ0v) is 45.8. The highest BCUT2D eigenvalue weighted by molar-refractivity contribution is 7.52. The van der Waals surface area contributed by atoms with Crippen LogP contribution in [0.25, 0.3) is 10.1 Å². The van der Waals surface area contributed by atoms with Gasteiger partial charge >= 0.3 is 13.3 Å². The Morgan fingerprint density at radius 2 is 1.67 bits per heavy atom. The van der Waals surface area contributed by atoms with Crippen LogP contribution in [0.2, 0.25) is 0 Å². The van der Waals surface area contributed by atoms with Crippen molar-refractivity contribution >= 4 is 82.2 Å². The zero-order valence-electron chi connectivity index (χ0n) is 44.1. The van der Waals surface area contributed by atoms with Crippen LogP contribution >= 0.6 is 18.9 Å². The highest BCUT2D eigenvalue weighted by Crippen LogP contribution is 2.59. The summed E-state index contributed by atoms with van der Waals surface area (Å²) >= 11 is 0.919. The first-order valence-corrected chi connectivity index (χ1v) is 29.0. The number of thiophene rings is 1. The average molecular weight is 1160 g/mol. The minimum atomic E-state index is -5.87. The molecule has 0 bridgehead atoms. The highest BCUT2D eigenvalue weighted by Gasteiger charge is 2.51. The van der Waals surface area contributed by atoms with Crippen molar-refractivity contribution in [3.05, 3.63) is 105 Å². The number of halogens is 2. The molecule has 9 amide bonds. The number of primary amides is 1. The fourth-order valence-corrected chi connectivity index (χ4v) is 12.5. The van der Waals surface area contributed by atoms with Crippen molar-refractivity contribution < 1.29 is 66.3 Å². The number of piperazine rings is 1. The van der Waals surface area contributed by atoms with E-state index in [4.69, 9.17) is 5.73 Å². The molecule has 4 aromatic rings. The second-order valence-corrected chi connectivity index (χ2v) is 23.6. The van der Waals surface area contributed by atoms with Crippen LogP contribution in [0.5, 0.6) is 0 Å². The van der Waals surface area contributed by atoms with E-state index in [1.54, 1.807) is 54.4 Å². The van der Waals surface area contributed by atoms with E-state index in [1.165, 1.54) is 21.9 Å². The van der Waals surface area contributed by atoms with Gasteiger partial charge in [-0.3, -0.25) is 57.9 Å². The average Bonchev–Trinajstić information content (AvgIpc) is 4.26. The molecular weight excluding hydrogens is 1090 g/mol. The van der Waals surface area contributed by atoms with Gasteiger partial charge in [0.25, 0.3) is 11.8 Å². The third kappa shape index (κ3) is 12.9. The molecule has 0 spiro atoms. The van der Waals surface area contributed by atoms with Crippen molar-refractivity contribution in [2.75, 3.05) is 52.9 Å². The molecule has 5 aliphatic heterocycles. The lowest BCUT2D eigenvalue weighted by atomic mass is 10.0. The van der Waals surface area contributed by atoms with Gasteiger partial charge in [-0.15, -0.1) is 11.3 Å². The largest absolute Gasteiger partial charge is 0.399 e. The molecule has 6 heterocycles. The predicted octanol–water partition coefficient (Wildman–Crippen LogP) is 1.88. The summed E-state index contributed by atoms with van der Waals surface area (Å²) in [6.45, 7) is 2.92. The van der Waals surface area contributed by atoms with Crippen molar-refractivity contribution in [3.8, 4) is 11.8 Å². The molecule has 22 nitrogen and oxygen atoms in total. The van der Waals surface area contributed by atoms with Crippen LogP contribution in [-0.4, -0.2) is 171 Å². The van der Waals surface area contributed by atoms with Crippen LogP contribution in [0.15, 0.2) is 72.8 Å². The number of fused-ring (bicyclic) bond motifs is 3. The third-order valence-electron chi connectivity index (χ3n) is 15.5. The number of nitrogens with zero attached hydrogens (tertiary/aromatic N) is 5.